The molecule has 0 N–H and O–H groups in total. The summed E-state index contributed by atoms with van der Waals surface area (Å²) in [6, 6.07) is 24.4. The molecule has 0 fully saturated rings. The van der Waals surface area contributed by atoms with Gasteiger partial charge in [0.15, 0.2) is 5.78 Å². The van der Waals surface area contributed by atoms with Gasteiger partial charge in [-0.25, -0.2) is 0 Å². The molecule has 2 aromatic carbocycles. The van der Waals surface area contributed by atoms with Crippen LogP contribution in [-0.4, -0.2) is 10.8 Å². The van der Waals surface area contributed by atoms with E-state index >= 15 is 0 Å². The lowest BCUT2D eigenvalue weighted by molar-refractivity contribution is 0.0871. The molecule has 3 aliphatic carbocycles. The fraction of sp³-hybridized carbons (Fsp3) is 0.167. The van der Waals surface area contributed by atoms with E-state index in [-0.39, 0.29) is 11.7 Å². The fourth-order valence-electron chi connectivity index (χ4n) is 4.76. The van der Waals surface area contributed by atoms with Crippen LogP contribution in [0.4, 0.5) is 0 Å². The average molecular weight is 337 g/mol. The van der Waals surface area contributed by atoms with Crippen LogP contribution in [0.25, 0.3) is 0 Å². The van der Waals surface area contributed by atoms with Gasteiger partial charge in [-0.15, -0.1) is 0 Å². The zero-order valence-corrected chi connectivity index (χ0v) is 14.4. The van der Waals surface area contributed by atoms with Crippen LogP contribution >= 0.6 is 0 Å². The Morgan fingerprint density at radius 2 is 1.69 bits per heavy atom. The average Bonchev–Trinajstić information content (AvgIpc) is 2.75. The lowest BCUT2D eigenvalue weighted by atomic mass is 9.53. The molecule has 0 saturated heterocycles. The third kappa shape index (κ3) is 2.05. The Labute approximate surface area is 153 Å². The van der Waals surface area contributed by atoms with Crippen molar-refractivity contribution >= 4 is 5.78 Å². The van der Waals surface area contributed by atoms with Crippen LogP contribution in [0.15, 0.2) is 91.1 Å². The van der Waals surface area contributed by atoms with Gasteiger partial charge in [0.25, 0.3) is 0 Å². The van der Waals surface area contributed by atoms with E-state index in [0.29, 0.717) is 11.6 Å². The van der Waals surface area contributed by atoms with E-state index in [4.69, 9.17) is 0 Å². The van der Waals surface area contributed by atoms with Gasteiger partial charge in [0.1, 0.15) is 5.69 Å². The number of rotatable bonds is 3. The van der Waals surface area contributed by atoms with Crippen molar-refractivity contribution in [3.63, 3.8) is 0 Å². The van der Waals surface area contributed by atoms with Crippen LogP contribution in [0.2, 0.25) is 0 Å². The predicted molar refractivity (Wildman–Crippen MR) is 102 cm³/mol. The summed E-state index contributed by atoms with van der Waals surface area (Å²) >= 11 is 0. The first-order valence-corrected chi connectivity index (χ1v) is 9.10. The zero-order valence-electron chi connectivity index (χ0n) is 14.4. The molecule has 2 nitrogen and oxygen atoms in total. The summed E-state index contributed by atoms with van der Waals surface area (Å²) in [5.41, 5.74) is 3.50. The van der Waals surface area contributed by atoms with E-state index in [1.807, 2.05) is 30.3 Å². The van der Waals surface area contributed by atoms with E-state index in [1.54, 1.807) is 6.20 Å². The molecule has 2 heteroatoms. The van der Waals surface area contributed by atoms with E-state index in [0.717, 1.165) is 12.0 Å². The van der Waals surface area contributed by atoms with Crippen molar-refractivity contribution < 1.29 is 4.79 Å². The molecule has 126 valence electrons. The zero-order chi connectivity index (χ0) is 17.6. The van der Waals surface area contributed by atoms with Crippen molar-refractivity contribution in [2.75, 3.05) is 0 Å². The highest BCUT2D eigenvalue weighted by atomic mass is 16.1. The Morgan fingerprint density at radius 1 is 0.923 bits per heavy atom. The van der Waals surface area contributed by atoms with Gasteiger partial charge < -0.3 is 0 Å². The number of pyridine rings is 1. The first-order valence-electron chi connectivity index (χ1n) is 9.10. The monoisotopic (exact) mass is 337 g/mol. The highest BCUT2D eigenvalue weighted by Gasteiger charge is 2.53. The number of allylic oxidation sites excluding steroid dienone is 2. The van der Waals surface area contributed by atoms with Gasteiger partial charge in [-0.2, -0.15) is 0 Å². The van der Waals surface area contributed by atoms with E-state index in [2.05, 4.69) is 59.6 Å². The van der Waals surface area contributed by atoms with Crippen LogP contribution in [0.3, 0.4) is 0 Å². The molecular weight excluding hydrogens is 318 g/mol. The number of aromatic nitrogens is 1. The summed E-state index contributed by atoms with van der Waals surface area (Å²) in [6.45, 7) is 0. The lowest BCUT2D eigenvalue weighted by Crippen LogP contribution is -2.47. The first-order chi connectivity index (χ1) is 12.8. The van der Waals surface area contributed by atoms with Gasteiger partial charge in [-0.05, 0) is 35.2 Å². The quantitative estimate of drug-likeness (QED) is 0.495. The number of fused-ring (bicyclic) bond motifs is 1. The van der Waals surface area contributed by atoms with E-state index in [9.17, 15) is 4.79 Å². The van der Waals surface area contributed by atoms with Crippen molar-refractivity contribution in [2.24, 2.45) is 0 Å². The number of hydrogen-bond acceptors (Lipinski definition) is 2. The summed E-state index contributed by atoms with van der Waals surface area (Å²) < 4.78 is 0. The molecule has 3 aliphatic rings. The van der Waals surface area contributed by atoms with Crippen molar-refractivity contribution in [2.45, 2.75) is 23.7 Å². The second kappa shape index (κ2) is 5.77. The Hall–Kier alpha value is -3.00. The summed E-state index contributed by atoms with van der Waals surface area (Å²) in [6.07, 6.45) is 7.03. The number of benzene rings is 2. The molecule has 2 bridgehead atoms. The Balaban J connectivity index is 1.77. The summed E-state index contributed by atoms with van der Waals surface area (Å²) in [4.78, 5) is 18.2. The molecule has 1 aromatic heterocycles. The number of ketones is 1. The topological polar surface area (TPSA) is 30.0 Å². The van der Waals surface area contributed by atoms with Gasteiger partial charge in [0.05, 0.1) is 5.41 Å². The van der Waals surface area contributed by atoms with Crippen LogP contribution in [0, 0.1) is 0 Å². The molecule has 0 radical (unpaired) electrons. The largest absolute Gasteiger partial charge is 0.291 e. The SMILES string of the molecule is O=C(c1ccccn1)C12C=CC(CC1c1ccccc1)c1ccccc12. The number of hydrogen-bond donors (Lipinski definition) is 0. The molecule has 3 unspecified atom stereocenters. The van der Waals surface area contributed by atoms with Gasteiger partial charge in [0, 0.05) is 18.0 Å². The van der Waals surface area contributed by atoms with E-state index in [1.165, 1.54) is 11.1 Å². The van der Waals surface area contributed by atoms with Gasteiger partial charge in [0.2, 0.25) is 0 Å². The summed E-state index contributed by atoms with van der Waals surface area (Å²) in [5, 5.41) is 0. The molecule has 0 saturated carbocycles. The molecule has 0 aliphatic heterocycles. The summed E-state index contributed by atoms with van der Waals surface area (Å²) in [7, 11) is 0. The third-order valence-electron chi connectivity index (χ3n) is 5.91. The van der Waals surface area contributed by atoms with Crippen LogP contribution in [0.5, 0.6) is 0 Å². The predicted octanol–water partition coefficient (Wildman–Crippen LogP) is 5.04. The smallest absolute Gasteiger partial charge is 0.196 e. The van der Waals surface area contributed by atoms with Gasteiger partial charge >= 0.3 is 0 Å². The molecule has 6 rings (SSSR count). The lowest BCUT2D eigenvalue weighted by Gasteiger charge is -2.48. The molecule has 3 aromatic rings. The minimum Gasteiger partial charge on any atom is -0.291 e. The van der Waals surface area contributed by atoms with Gasteiger partial charge in [-0.1, -0.05) is 72.8 Å². The van der Waals surface area contributed by atoms with Crippen molar-refractivity contribution in [3.8, 4) is 0 Å². The molecule has 3 atom stereocenters. The maximum Gasteiger partial charge on any atom is 0.196 e. The number of Topliss-reactive ketones (excluding diaryl/α,β-unsaturated/α-hetero) is 1. The fourth-order valence-corrected chi connectivity index (χ4v) is 4.76. The second-order valence-corrected chi connectivity index (χ2v) is 7.16. The minimum atomic E-state index is -0.680. The molecule has 0 spiro atoms. The summed E-state index contributed by atoms with van der Waals surface area (Å²) in [5.74, 6) is 0.590. The molecular formula is C24H19NO. The maximum absolute atomic E-state index is 13.8. The van der Waals surface area contributed by atoms with Crippen LogP contribution in [0.1, 0.15) is 45.4 Å². The van der Waals surface area contributed by atoms with Crippen molar-refractivity contribution in [1.82, 2.24) is 4.98 Å². The maximum atomic E-state index is 13.8. The Morgan fingerprint density at radius 3 is 2.50 bits per heavy atom. The highest BCUT2D eigenvalue weighted by molar-refractivity contribution is 6.06. The standard InChI is InChI=1S/C24H19NO/c26-23(22-12-6-7-15-25-22)24-14-13-18(19-10-4-5-11-20(19)24)16-21(24)17-8-2-1-3-9-17/h1-15,18,21H,16H2. The molecule has 1 heterocycles. The minimum absolute atomic E-state index is 0.0915. The third-order valence-corrected chi connectivity index (χ3v) is 5.91. The molecule has 26 heavy (non-hydrogen) atoms. The Kier molecular flexibility index (Phi) is 3.39. The van der Waals surface area contributed by atoms with Crippen molar-refractivity contribution in [1.29, 1.82) is 0 Å². The molecule has 0 amide bonds. The first kappa shape index (κ1) is 15.3. The van der Waals surface area contributed by atoms with Crippen LogP contribution in [-0.2, 0) is 5.41 Å². The highest BCUT2D eigenvalue weighted by Crippen LogP contribution is 2.57. The number of carbonyl (C=O) groups excluding carboxylic acids is 1. The van der Waals surface area contributed by atoms with Gasteiger partial charge in [-0.3, -0.25) is 9.78 Å². The number of carbonyl (C=O) groups is 1. The normalized spacial score (nSPS) is 25.7. The second-order valence-electron chi connectivity index (χ2n) is 7.16. The van der Waals surface area contributed by atoms with Crippen molar-refractivity contribution in [3.05, 3.63) is 114 Å². The number of nitrogens with zero attached hydrogens (tertiary/aromatic N) is 1. The van der Waals surface area contributed by atoms with Crippen LogP contribution < -0.4 is 0 Å². The van der Waals surface area contributed by atoms with E-state index < -0.39 is 5.41 Å². The Bertz CT molecular complexity index is 993.